The summed E-state index contributed by atoms with van der Waals surface area (Å²) in [7, 11) is 1.96. The molecule has 3 N–H and O–H groups in total. The van der Waals surface area contributed by atoms with Crippen LogP contribution in [-0.4, -0.2) is 32.3 Å². The number of aliphatic imine (C=N–C) groups is 1. The lowest BCUT2D eigenvalue weighted by molar-refractivity contribution is 0.750. The van der Waals surface area contributed by atoms with Crippen LogP contribution in [0.5, 0.6) is 0 Å². The first-order valence-corrected chi connectivity index (χ1v) is 10.9. The van der Waals surface area contributed by atoms with Crippen LogP contribution >= 0.6 is 35.3 Å². The maximum absolute atomic E-state index is 4.73. The summed E-state index contributed by atoms with van der Waals surface area (Å²) in [5.41, 5.74) is 3.79. The Labute approximate surface area is 203 Å². The minimum Gasteiger partial charge on any atom is -0.361 e. The predicted octanol–water partition coefficient (Wildman–Crippen LogP) is 4.07. The maximum Gasteiger partial charge on any atom is 0.192 e. The number of fused-ring (bicyclic) bond motifs is 1. The van der Waals surface area contributed by atoms with Gasteiger partial charge in [-0.2, -0.15) is 0 Å². The number of H-pyrrole nitrogens is 1. The van der Waals surface area contributed by atoms with Crippen molar-refractivity contribution in [2.75, 3.05) is 6.54 Å². The van der Waals surface area contributed by atoms with Gasteiger partial charge in [-0.15, -0.1) is 45.5 Å². The molecule has 0 spiro atoms. The van der Waals surface area contributed by atoms with Crippen molar-refractivity contribution in [3.05, 3.63) is 69.6 Å². The number of hydrogen-bond donors (Lipinski definition) is 3. The summed E-state index contributed by atoms with van der Waals surface area (Å²) in [6, 6.07) is 10.6. The first kappa shape index (κ1) is 23.3. The number of aromatic nitrogens is 4. The molecule has 7 nitrogen and oxygen atoms in total. The van der Waals surface area contributed by atoms with Gasteiger partial charge in [0.1, 0.15) is 12.4 Å². The zero-order chi connectivity index (χ0) is 20.9. The van der Waals surface area contributed by atoms with Crippen molar-refractivity contribution in [3.63, 3.8) is 0 Å². The van der Waals surface area contributed by atoms with Gasteiger partial charge in [0.2, 0.25) is 0 Å². The van der Waals surface area contributed by atoms with Gasteiger partial charge in [-0.3, -0.25) is 0 Å². The van der Waals surface area contributed by atoms with Crippen molar-refractivity contribution in [2.24, 2.45) is 12.0 Å². The summed E-state index contributed by atoms with van der Waals surface area (Å²) >= 11 is 1.73. The van der Waals surface area contributed by atoms with Crippen molar-refractivity contribution in [2.45, 2.75) is 33.4 Å². The molecule has 0 bridgehead atoms. The molecule has 31 heavy (non-hydrogen) atoms. The molecule has 0 aliphatic carbocycles. The van der Waals surface area contributed by atoms with E-state index in [1.807, 2.05) is 18.5 Å². The lowest BCUT2D eigenvalue weighted by Gasteiger charge is -2.12. The molecule has 0 aliphatic heterocycles. The van der Waals surface area contributed by atoms with Crippen LogP contribution in [0.3, 0.4) is 0 Å². The summed E-state index contributed by atoms with van der Waals surface area (Å²) in [6.45, 7) is 6.08. The Kier molecular flexibility index (Phi) is 8.08. The first-order valence-electron chi connectivity index (χ1n) is 10.1. The highest BCUT2D eigenvalue weighted by Gasteiger charge is 2.08. The molecular weight excluding hydrogens is 521 g/mol. The van der Waals surface area contributed by atoms with Gasteiger partial charge >= 0.3 is 0 Å². The molecule has 3 aromatic heterocycles. The van der Waals surface area contributed by atoms with Gasteiger partial charge in [-0.05, 0) is 42.8 Å². The zero-order valence-corrected chi connectivity index (χ0v) is 21.1. The monoisotopic (exact) mass is 549 g/mol. The SMILES string of the molecule is Cc1cccc2c(CCNC(=NCc3nnc(C)n3C)NCc3cccs3)c[nH]c12.I. The van der Waals surface area contributed by atoms with Gasteiger partial charge in [-0.25, -0.2) is 4.99 Å². The van der Waals surface area contributed by atoms with Crippen LogP contribution < -0.4 is 10.6 Å². The largest absolute Gasteiger partial charge is 0.361 e. The van der Waals surface area contributed by atoms with E-state index < -0.39 is 0 Å². The zero-order valence-electron chi connectivity index (χ0n) is 18.0. The topological polar surface area (TPSA) is 82.9 Å². The van der Waals surface area contributed by atoms with Crippen molar-refractivity contribution in [1.29, 1.82) is 0 Å². The predicted molar refractivity (Wildman–Crippen MR) is 138 cm³/mol. The van der Waals surface area contributed by atoms with Gasteiger partial charge in [0.15, 0.2) is 11.8 Å². The fourth-order valence-corrected chi connectivity index (χ4v) is 4.03. The Morgan fingerprint density at radius 2 is 2.03 bits per heavy atom. The fraction of sp³-hybridized carbons (Fsp3) is 0.318. The number of guanidine groups is 1. The summed E-state index contributed by atoms with van der Waals surface area (Å²) in [5, 5.41) is 18.6. The molecule has 0 fully saturated rings. The third kappa shape index (κ3) is 5.65. The van der Waals surface area contributed by atoms with Gasteiger partial charge in [0.05, 0.1) is 6.54 Å². The normalized spacial score (nSPS) is 11.5. The van der Waals surface area contributed by atoms with E-state index in [-0.39, 0.29) is 24.0 Å². The second kappa shape index (κ2) is 10.8. The second-order valence-electron chi connectivity index (χ2n) is 7.31. The van der Waals surface area contributed by atoms with E-state index >= 15 is 0 Å². The average Bonchev–Trinajstić information content (AvgIpc) is 3.47. The van der Waals surface area contributed by atoms with E-state index in [2.05, 4.69) is 74.6 Å². The Morgan fingerprint density at radius 3 is 2.77 bits per heavy atom. The highest BCUT2D eigenvalue weighted by atomic mass is 127. The fourth-order valence-electron chi connectivity index (χ4n) is 3.38. The third-order valence-electron chi connectivity index (χ3n) is 5.27. The van der Waals surface area contributed by atoms with Gasteiger partial charge in [0.25, 0.3) is 0 Å². The van der Waals surface area contributed by atoms with Gasteiger partial charge in [-0.1, -0.05) is 24.3 Å². The lowest BCUT2D eigenvalue weighted by atomic mass is 10.1. The first-order chi connectivity index (χ1) is 14.6. The second-order valence-corrected chi connectivity index (χ2v) is 8.34. The van der Waals surface area contributed by atoms with Crippen LogP contribution in [0.1, 0.15) is 27.7 Å². The standard InChI is InChI=1S/C22H27N7S.HI/c1-15-6-4-8-19-17(12-24-21(15)19)9-10-23-22(25-13-18-7-5-11-30-18)26-14-20-28-27-16(2)29(20)3;/h4-8,11-12,24H,9-10,13-14H2,1-3H3,(H2,23,25,26);1H. The molecule has 3 heterocycles. The Morgan fingerprint density at radius 1 is 1.16 bits per heavy atom. The Balaban J connectivity index is 0.00000272. The van der Waals surface area contributed by atoms with Gasteiger partial charge < -0.3 is 20.2 Å². The number of nitrogens with zero attached hydrogens (tertiary/aromatic N) is 4. The maximum atomic E-state index is 4.73. The van der Waals surface area contributed by atoms with Crippen molar-refractivity contribution in [3.8, 4) is 0 Å². The molecule has 0 amide bonds. The molecule has 0 saturated heterocycles. The molecule has 0 atom stereocenters. The van der Waals surface area contributed by atoms with E-state index in [1.165, 1.54) is 26.9 Å². The number of thiophene rings is 1. The summed E-state index contributed by atoms with van der Waals surface area (Å²) in [5.74, 6) is 2.51. The van der Waals surface area contributed by atoms with E-state index in [9.17, 15) is 0 Å². The van der Waals surface area contributed by atoms with Crippen LogP contribution in [0.25, 0.3) is 10.9 Å². The average molecular weight is 549 g/mol. The highest BCUT2D eigenvalue weighted by Crippen LogP contribution is 2.21. The molecular formula is C22H28IN7S. The van der Waals surface area contributed by atoms with E-state index in [0.29, 0.717) is 6.54 Å². The molecule has 164 valence electrons. The lowest BCUT2D eigenvalue weighted by Crippen LogP contribution is -2.38. The summed E-state index contributed by atoms with van der Waals surface area (Å²) in [4.78, 5) is 9.40. The van der Waals surface area contributed by atoms with Crippen molar-refractivity contribution in [1.82, 2.24) is 30.4 Å². The number of aryl methyl sites for hydroxylation is 2. The van der Waals surface area contributed by atoms with Crippen LogP contribution in [0, 0.1) is 13.8 Å². The van der Waals surface area contributed by atoms with Crippen LogP contribution in [-0.2, 0) is 26.6 Å². The van der Waals surface area contributed by atoms with Crippen molar-refractivity contribution < 1.29 is 0 Å². The molecule has 0 aliphatic rings. The van der Waals surface area contributed by atoms with Gasteiger partial charge in [0, 0.05) is 35.6 Å². The number of nitrogens with one attached hydrogen (secondary N) is 3. The highest BCUT2D eigenvalue weighted by molar-refractivity contribution is 14.0. The summed E-state index contributed by atoms with van der Waals surface area (Å²) < 4.78 is 1.97. The molecule has 4 rings (SSSR count). The number of para-hydroxylation sites is 1. The van der Waals surface area contributed by atoms with Crippen LogP contribution in [0.2, 0.25) is 0 Å². The minimum atomic E-state index is 0. The molecule has 0 saturated carbocycles. The number of hydrogen-bond acceptors (Lipinski definition) is 4. The number of halogens is 1. The summed E-state index contributed by atoms with van der Waals surface area (Å²) in [6.07, 6.45) is 3.02. The van der Waals surface area contributed by atoms with Crippen molar-refractivity contribution >= 4 is 52.2 Å². The molecule has 0 unspecified atom stereocenters. The van der Waals surface area contributed by atoms with Crippen LogP contribution in [0.4, 0.5) is 0 Å². The Hall–Kier alpha value is -2.40. The number of rotatable bonds is 7. The van der Waals surface area contributed by atoms with Crippen LogP contribution in [0.15, 0.2) is 46.9 Å². The molecule has 9 heteroatoms. The van der Waals surface area contributed by atoms with E-state index in [1.54, 1.807) is 11.3 Å². The smallest absolute Gasteiger partial charge is 0.192 e. The third-order valence-corrected chi connectivity index (χ3v) is 6.14. The minimum absolute atomic E-state index is 0. The molecule has 4 aromatic rings. The quantitative estimate of drug-likeness (QED) is 0.185. The number of aromatic amines is 1. The molecule has 0 radical (unpaired) electrons. The van der Waals surface area contributed by atoms with E-state index in [0.717, 1.165) is 37.1 Å². The van der Waals surface area contributed by atoms with E-state index in [4.69, 9.17) is 4.99 Å². The Bertz CT molecular complexity index is 1140. The molecule has 1 aromatic carbocycles. The number of benzene rings is 1.